The molecule has 0 atom stereocenters. The molecule has 0 heterocycles. The Labute approximate surface area is 329 Å². The second-order valence-electron chi connectivity index (χ2n) is 15.4. The number of anilines is 3. The average Bonchev–Trinajstić information content (AvgIpc) is 3.51. The highest BCUT2D eigenvalue weighted by Gasteiger charge is 2.40. The zero-order valence-corrected chi connectivity index (χ0v) is 31.7. The topological polar surface area (TPSA) is 3.24 Å². The van der Waals surface area contributed by atoms with Crippen LogP contribution >= 0.6 is 0 Å². The first kappa shape index (κ1) is 33.6. The van der Waals surface area contributed by atoms with E-state index in [1.165, 1.54) is 83.2 Å². The lowest BCUT2D eigenvalue weighted by molar-refractivity contribution is 0.666. The van der Waals surface area contributed by atoms with Crippen molar-refractivity contribution < 1.29 is 0 Å². The van der Waals surface area contributed by atoms with E-state index in [4.69, 9.17) is 0 Å². The fourth-order valence-electron chi connectivity index (χ4n) is 8.80. The molecule has 0 aromatic heterocycles. The van der Waals surface area contributed by atoms with E-state index in [1.807, 2.05) is 0 Å². The van der Waals surface area contributed by atoms with Crippen molar-refractivity contribution in [2.75, 3.05) is 4.90 Å². The van der Waals surface area contributed by atoms with E-state index in [2.05, 4.69) is 231 Å². The number of hydrogen-bond donors (Lipinski definition) is 0. The van der Waals surface area contributed by atoms with Gasteiger partial charge in [-0.1, -0.05) is 190 Å². The van der Waals surface area contributed by atoms with Crippen LogP contribution in [0.2, 0.25) is 0 Å². The number of rotatable bonds is 7. The largest absolute Gasteiger partial charge is 0.310 e. The lowest BCUT2D eigenvalue weighted by Crippen LogP contribution is -2.17. The van der Waals surface area contributed by atoms with Gasteiger partial charge in [-0.3, -0.25) is 0 Å². The molecule has 1 aliphatic rings. The standard InChI is InChI=1S/C55H41N/c1-55(2)51-36-45(40-18-10-5-11-19-40)30-35-50(51)53-52(37-46-20-12-13-21-49(46)54(53)55)56(47-31-26-43(27-32-47)39-16-8-4-9-17-39)48-33-28-44(29-34-48)42-24-22-41(23-25-42)38-14-6-3-7-15-38/h3-37H,1-2H3. The molecule has 1 nitrogen and oxygen atoms in total. The highest BCUT2D eigenvalue weighted by molar-refractivity contribution is 6.06. The van der Waals surface area contributed by atoms with E-state index >= 15 is 0 Å². The van der Waals surface area contributed by atoms with Crippen LogP contribution in [0, 0.1) is 0 Å². The fourth-order valence-corrected chi connectivity index (χ4v) is 8.80. The predicted molar refractivity (Wildman–Crippen MR) is 238 cm³/mol. The molecule has 0 radical (unpaired) electrons. The Bertz CT molecular complexity index is 2820. The maximum atomic E-state index is 2.47. The Hall–Kier alpha value is -6.96. The number of benzene rings is 9. The van der Waals surface area contributed by atoms with Crippen molar-refractivity contribution in [2.24, 2.45) is 0 Å². The van der Waals surface area contributed by atoms with Gasteiger partial charge in [0.05, 0.1) is 5.69 Å². The number of fused-ring (bicyclic) bond motifs is 5. The maximum Gasteiger partial charge on any atom is 0.0549 e. The second kappa shape index (κ2) is 13.7. The summed E-state index contributed by atoms with van der Waals surface area (Å²) in [6, 6.07) is 77.5. The smallest absolute Gasteiger partial charge is 0.0549 e. The molecule has 0 aliphatic heterocycles. The van der Waals surface area contributed by atoms with Gasteiger partial charge in [0.25, 0.3) is 0 Å². The number of hydrogen-bond acceptors (Lipinski definition) is 1. The highest BCUT2D eigenvalue weighted by Crippen LogP contribution is 2.57. The molecule has 9 aromatic carbocycles. The second-order valence-corrected chi connectivity index (χ2v) is 15.4. The van der Waals surface area contributed by atoms with Crippen molar-refractivity contribution in [2.45, 2.75) is 19.3 Å². The Morgan fingerprint density at radius 1 is 0.357 bits per heavy atom. The Balaban J connectivity index is 1.15. The van der Waals surface area contributed by atoms with E-state index in [1.54, 1.807) is 0 Å². The van der Waals surface area contributed by atoms with Crippen molar-refractivity contribution >= 4 is 27.8 Å². The third-order valence-electron chi connectivity index (χ3n) is 11.6. The van der Waals surface area contributed by atoms with Gasteiger partial charge in [-0.05, 0) is 108 Å². The van der Waals surface area contributed by atoms with E-state index < -0.39 is 0 Å². The van der Waals surface area contributed by atoms with Crippen molar-refractivity contribution in [3.8, 4) is 55.6 Å². The molecule has 0 saturated heterocycles. The summed E-state index contributed by atoms with van der Waals surface area (Å²) in [4.78, 5) is 2.47. The third kappa shape index (κ3) is 5.81. The molecule has 0 fully saturated rings. The molecule has 266 valence electrons. The van der Waals surface area contributed by atoms with E-state index in [-0.39, 0.29) is 5.41 Å². The van der Waals surface area contributed by atoms with Gasteiger partial charge in [0.1, 0.15) is 0 Å². The minimum absolute atomic E-state index is 0.219. The molecule has 10 rings (SSSR count). The SMILES string of the molecule is CC1(C)c2cc(-c3ccccc3)ccc2-c2c(N(c3ccc(-c4ccccc4)cc3)c3ccc(-c4ccc(-c5ccccc5)cc4)cc3)cc3ccccc3c21. The van der Waals surface area contributed by atoms with E-state index in [9.17, 15) is 0 Å². The molecule has 0 amide bonds. The maximum absolute atomic E-state index is 2.47. The molecule has 9 aromatic rings. The highest BCUT2D eigenvalue weighted by atomic mass is 15.1. The molecule has 1 heteroatoms. The van der Waals surface area contributed by atoms with Crippen molar-refractivity contribution in [3.63, 3.8) is 0 Å². The molecular weight excluding hydrogens is 675 g/mol. The summed E-state index contributed by atoms with van der Waals surface area (Å²) in [6.45, 7) is 4.80. The molecule has 0 spiro atoms. The zero-order chi connectivity index (χ0) is 37.6. The summed E-state index contributed by atoms with van der Waals surface area (Å²) in [7, 11) is 0. The van der Waals surface area contributed by atoms with Gasteiger partial charge >= 0.3 is 0 Å². The third-order valence-corrected chi connectivity index (χ3v) is 11.6. The summed E-state index contributed by atoms with van der Waals surface area (Å²) in [5, 5.41) is 2.55. The normalized spacial score (nSPS) is 12.6. The van der Waals surface area contributed by atoms with Crippen LogP contribution in [0.5, 0.6) is 0 Å². The quantitative estimate of drug-likeness (QED) is 0.159. The molecular formula is C55H41N. The van der Waals surface area contributed by atoms with E-state index in [0.717, 1.165) is 11.4 Å². The van der Waals surface area contributed by atoms with Crippen LogP contribution in [-0.4, -0.2) is 0 Å². The molecule has 0 N–H and O–H groups in total. The summed E-state index contributed by atoms with van der Waals surface area (Å²) < 4.78 is 0. The summed E-state index contributed by atoms with van der Waals surface area (Å²) in [5.41, 5.74) is 18.3. The van der Waals surface area contributed by atoms with Gasteiger partial charge < -0.3 is 4.90 Å². The van der Waals surface area contributed by atoms with Crippen molar-refractivity contribution in [1.82, 2.24) is 0 Å². The summed E-state index contributed by atoms with van der Waals surface area (Å²) in [6.07, 6.45) is 0. The van der Waals surface area contributed by atoms with Crippen molar-refractivity contribution in [1.29, 1.82) is 0 Å². The Kier molecular flexibility index (Phi) is 8.23. The minimum atomic E-state index is -0.219. The van der Waals surface area contributed by atoms with Gasteiger partial charge in [0.15, 0.2) is 0 Å². The van der Waals surface area contributed by atoms with Gasteiger partial charge in [0, 0.05) is 22.4 Å². The fraction of sp³-hybridized carbons (Fsp3) is 0.0545. The van der Waals surface area contributed by atoms with Crippen LogP contribution < -0.4 is 4.90 Å². The summed E-state index contributed by atoms with van der Waals surface area (Å²) >= 11 is 0. The lowest BCUT2D eigenvalue weighted by Gasteiger charge is -2.30. The van der Waals surface area contributed by atoms with Gasteiger partial charge in [-0.25, -0.2) is 0 Å². The van der Waals surface area contributed by atoms with Gasteiger partial charge in [-0.15, -0.1) is 0 Å². The summed E-state index contributed by atoms with van der Waals surface area (Å²) in [5.74, 6) is 0. The first-order chi connectivity index (χ1) is 27.5. The number of nitrogens with zero attached hydrogens (tertiary/aromatic N) is 1. The van der Waals surface area contributed by atoms with Crippen LogP contribution in [0.3, 0.4) is 0 Å². The average molecular weight is 716 g/mol. The Morgan fingerprint density at radius 3 is 1.25 bits per heavy atom. The molecule has 0 saturated carbocycles. The minimum Gasteiger partial charge on any atom is -0.310 e. The molecule has 56 heavy (non-hydrogen) atoms. The predicted octanol–water partition coefficient (Wildman–Crippen LogP) is 15.3. The van der Waals surface area contributed by atoms with Crippen molar-refractivity contribution in [3.05, 3.63) is 223 Å². The van der Waals surface area contributed by atoms with Gasteiger partial charge in [0.2, 0.25) is 0 Å². The first-order valence-electron chi connectivity index (χ1n) is 19.5. The molecule has 1 aliphatic carbocycles. The van der Waals surface area contributed by atoms with Crippen LogP contribution in [0.25, 0.3) is 66.4 Å². The van der Waals surface area contributed by atoms with Crippen LogP contribution in [0.4, 0.5) is 17.1 Å². The van der Waals surface area contributed by atoms with E-state index in [0.29, 0.717) is 0 Å². The first-order valence-corrected chi connectivity index (χ1v) is 19.5. The van der Waals surface area contributed by atoms with Crippen LogP contribution in [0.15, 0.2) is 212 Å². The molecule has 0 bridgehead atoms. The zero-order valence-electron chi connectivity index (χ0n) is 31.7. The monoisotopic (exact) mass is 715 g/mol. The van der Waals surface area contributed by atoms with Crippen LogP contribution in [0.1, 0.15) is 25.0 Å². The Morgan fingerprint density at radius 2 is 0.750 bits per heavy atom. The van der Waals surface area contributed by atoms with Crippen LogP contribution in [-0.2, 0) is 5.41 Å². The lowest BCUT2D eigenvalue weighted by atomic mass is 9.79. The van der Waals surface area contributed by atoms with Gasteiger partial charge in [-0.2, -0.15) is 0 Å². The molecule has 0 unspecified atom stereocenters.